The molecule has 3 nitrogen and oxygen atoms in total. The molecule has 0 fully saturated rings. The number of methoxy groups -OCH3 is 1. The van der Waals surface area contributed by atoms with Crippen molar-refractivity contribution in [2.45, 2.75) is 5.38 Å². The topological polar surface area (TPSA) is 27.1 Å². The number of hydrogen-bond donors (Lipinski definition) is 0. The van der Waals surface area contributed by atoms with Crippen molar-refractivity contribution in [3.8, 4) is 11.4 Å². The Hall–Kier alpha value is -2.26. The third-order valence-electron chi connectivity index (χ3n) is 3.30. The normalized spacial score (nSPS) is 12.1. The van der Waals surface area contributed by atoms with Crippen molar-refractivity contribution in [1.82, 2.24) is 9.78 Å². The predicted molar refractivity (Wildman–Crippen MR) is 84.3 cm³/mol. The minimum atomic E-state index is -0.252. The number of alkyl halides is 1. The van der Waals surface area contributed by atoms with Gasteiger partial charge in [-0.2, -0.15) is 5.10 Å². The Kier molecular flexibility index (Phi) is 3.93. The van der Waals surface area contributed by atoms with E-state index in [0.717, 1.165) is 22.6 Å². The molecule has 0 aliphatic carbocycles. The van der Waals surface area contributed by atoms with Gasteiger partial charge in [-0.1, -0.05) is 30.3 Å². The summed E-state index contributed by atoms with van der Waals surface area (Å²) in [5.41, 5.74) is 2.95. The van der Waals surface area contributed by atoms with Crippen LogP contribution in [-0.2, 0) is 0 Å². The number of halogens is 1. The SMILES string of the molecule is COc1cccc(C(Cl)c2cnn(-c3ccccc3)c2)c1. The van der Waals surface area contributed by atoms with Gasteiger partial charge >= 0.3 is 0 Å². The molecule has 0 saturated carbocycles. The van der Waals surface area contributed by atoms with Gasteiger partial charge in [-0.15, -0.1) is 11.6 Å². The second-order valence-corrected chi connectivity index (χ2v) is 5.13. The fourth-order valence-corrected chi connectivity index (χ4v) is 2.43. The monoisotopic (exact) mass is 298 g/mol. The van der Waals surface area contributed by atoms with Gasteiger partial charge in [0.15, 0.2) is 0 Å². The van der Waals surface area contributed by atoms with Gasteiger partial charge in [-0.05, 0) is 29.8 Å². The Morgan fingerprint density at radius 3 is 2.62 bits per heavy atom. The van der Waals surface area contributed by atoms with Crippen molar-refractivity contribution in [1.29, 1.82) is 0 Å². The number of para-hydroxylation sites is 1. The van der Waals surface area contributed by atoms with E-state index in [9.17, 15) is 0 Å². The van der Waals surface area contributed by atoms with Crippen molar-refractivity contribution < 1.29 is 4.74 Å². The number of nitrogens with zero attached hydrogens (tertiary/aromatic N) is 2. The smallest absolute Gasteiger partial charge is 0.119 e. The fourth-order valence-electron chi connectivity index (χ4n) is 2.18. The molecule has 0 amide bonds. The molecule has 3 aromatic rings. The number of ether oxygens (including phenoxy) is 1. The van der Waals surface area contributed by atoms with E-state index in [1.165, 1.54) is 0 Å². The third kappa shape index (κ3) is 2.93. The highest BCUT2D eigenvalue weighted by Gasteiger charge is 2.14. The lowest BCUT2D eigenvalue weighted by Crippen LogP contribution is -1.94. The molecule has 0 aliphatic heterocycles. The van der Waals surface area contributed by atoms with E-state index >= 15 is 0 Å². The Bertz CT molecular complexity index is 724. The van der Waals surface area contributed by atoms with Crippen molar-refractivity contribution in [3.63, 3.8) is 0 Å². The van der Waals surface area contributed by atoms with Crippen LogP contribution in [0.15, 0.2) is 67.0 Å². The van der Waals surface area contributed by atoms with E-state index < -0.39 is 0 Å². The predicted octanol–water partition coefficient (Wildman–Crippen LogP) is 4.21. The van der Waals surface area contributed by atoms with Gasteiger partial charge in [0.1, 0.15) is 5.75 Å². The fraction of sp³-hybridized carbons (Fsp3) is 0.118. The molecule has 4 heteroatoms. The van der Waals surface area contributed by atoms with Crippen LogP contribution in [0, 0.1) is 0 Å². The summed E-state index contributed by atoms with van der Waals surface area (Å²) in [4.78, 5) is 0. The molecule has 1 unspecified atom stereocenters. The summed E-state index contributed by atoms with van der Waals surface area (Å²) in [6.07, 6.45) is 3.75. The van der Waals surface area contributed by atoms with Crippen LogP contribution in [0.1, 0.15) is 16.5 Å². The average Bonchev–Trinajstić information content (AvgIpc) is 3.05. The highest BCUT2D eigenvalue weighted by atomic mass is 35.5. The van der Waals surface area contributed by atoms with Gasteiger partial charge in [0.05, 0.1) is 24.4 Å². The molecule has 0 bridgehead atoms. The van der Waals surface area contributed by atoms with Crippen LogP contribution in [0.3, 0.4) is 0 Å². The lowest BCUT2D eigenvalue weighted by atomic mass is 10.1. The van der Waals surface area contributed by atoms with Crippen molar-refractivity contribution in [3.05, 3.63) is 78.1 Å². The molecular weight excluding hydrogens is 284 g/mol. The minimum absolute atomic E-state index is 0.252. The molecular formula is C17H15ClN2O. The molecule has 1 atom stereocenters. The minimum Gasteiger partial charge on any atom is -0.497 e. The van der Waals surface area contributed by atoms with E-state index in [1.807, 2.05) is 65.5 Å². The Morgan fingerprint density at radius 1 is 1.05 bits per heavy atom. The van der Waals surface area contributed by atoms with Crippen LogP contribution in [0.5, 0.6) is 5.75 Å². The molecule has 1 heterocycles. The zero-order chi connectivity index (χ0) is 14.7. The molecule has 0 N–H and O–H groups in total. The molecule has 0 radical (unpaired) electrons. The molecule has 2 aromatic carbocycles. The summed E-state index contributed by atoms with van der Waals surface area (Å²) in [5.74, 6) is 0.800. The summed E-state index contributed by atoms with van der Waals surface area (Å²) >= 11 is 6.55. The maximum Gasteiger partial charge on any atom is 0.119 e. The first-order valence-corrected chi connectivity index (χ1v) is 7.09. The quantitative estimate of drug-likeness (QED) is 0.675. The van der Waals surface area contributed by atoms with Crippen LogP contribution >= 0.6 is 11.6 Å². The Morgan fingerprint density at radius 2 is 1.86 bits per heavy atom. The van der Waals surface area contributed by atoms with E-state index in [2.05, 4.69) is 5.10 Å². The van der Waals surface area contributed by atoms with Gasteiger partial charge in [-0.3, -0.25) is 0 Å². The van der Waals surface area contributed by atoms with Crippen LogP contribution in [0.2, 0.25) is 0 Å². The van der Waals surface area contributed by atoms with Gasteiger partial charge in [-0.25, -0.2) is 4.68 Å². The third-order valence-corrected chi connectivity index (χ3v) is 3.81. The zero-order valence-corrected chi connectivity index (χ0v) is 12.4. The number of hydrogen-bond acceptors (Lipinski definition) is 2. The number of aromatic nitrogens is 2. The van der Waals surface area contributed by atoms with Crippen molar-refractivity contribution in [2.24, 2.45) is 0 Å². The zero-order valence-electron chi connectivity index (χ0n) is 11.6. The summed E-state index contributed by atoms with van der Waals surface area (Å²) < 4.78 is 7.06. The highest BCUT2D eigenvalue weighted by Crippen LogP contribution is 2.30. The van der Waals surface area contributed by atoms with E-state index in [0.29, 0.717) is 0 Å². The van der Waals surface area contributed by atoms with E-state index in [1.54, 1.807) is 13.3 Å². The van der Waals surface area contributed by atoms with Gasteiger partial charge in [0.2, 0.25) is 0 Å². The summed E-state index contributed by atoms with van der Waals surface area (Å²) in [7, 11) is 1.65. The second kappa shape index (κ2) is 6.02. The maximum atomic E-state index is 6.55. The van der Waals surface area contributed by atoms with Crippen molar-refractivity contribution in [2.75, 3.05) is 7.11 Å². The van der Waals surface area contributed by atoms with E-state index in [4.69, 9.17) is 16.3 Å². The highest BCUT2D eigenvalue weighted by molar-refractivity contribution is 6.22. The summed E-state index contributed by atoms with van der Waals surface area (Å²) in [6, 6.07) is 17.7. The van der Waals surface area contributed by atoms with E-state index in [-0.39, 0.29) is 5.38 Å². The van der Waals surface area contributed by atoms with Crippen LogP contribution in [-0.4, -0.2) is 16.9 Å². The lowest BCUT2D eigenvalue weighted by molar-refractivity contribution is 0.414. The first-order valence-electron chi connectivity index (χ1n) is 6.66. The summed E-state index contributed by atoms with van der Waals surface area (Å²) in [5, 5.41) is 4.12. The molecule has 0 aliphatic rings. The molecule has 1 aromatic heterocycles. The van der Waals surface area contributed by atoms with Crippen LogP contribution in [0.4, 0.5) is 0 Å². The molecule has 3 rings (SSSR count). The molecule has 0 saturated heterocycles. The average molecular weight is 299 g/mol. The van der Waals surface area contributed by atoms with Crippen molar-refractivity contribution >= 4 is 11.6 Å². The van der Waals surface area contributed by atoms with Gasteiger partial charge in [0, 0.05) is 11.8 Å². The Labute approximate surface area is 128 Å². The largest absolute Gasteiger partial charge is 0.497 e. The standard InChI is InChI=1S/C17H15ClN2O/c1-21-16-9-5-6-13(10-16)17(18)14-11-19-20(12-14)15-7-3-2-4-8-15/h2-12,17H,1H3. The number of benzene rings is 2. The van der Waals surface area contributed by atoms with Crippen LogP contribution < -0.4 is 4.74 Å². The molecule has 21 heavy (non-hydrogen) atoms. The van der Waals surface area contributed by atoms with Gasteiger partial charge < -0.3 is 4.74 Å². The molecule has 106 valence electrons. The van der Waals surface area contributed by atoms with Gasteiger partial charge in [0.25, 0.3) is 0 Å². The second-order valence-electron chi connectivity index (χ2n) is 4.69. The first-order chi connectivity index (χ1) is 10.3. The summed E-state index contributed by atoms with van der Waals surface area (Å²) in [6.45, 7) is 0. The molecule has 0 spiro atoms. The van der Waals surface area contributed by atoms with Crippen LogP contribution in [0.25, 0.3) is 5.69 Å². The maximum absolute atomic E-state index is 6.55. The Balaban J connectivity index is 1.88. The lowest BCUT2D eigenvalue weighted by Gasteiger charge is -2.09. The first kappa shape index (κ1) is 13.7. The number of rotatable bonds is 4.